The normalized spacial score (nSPS) is 18.2. The van der Waals surface area contributed by atoms with Gasteiger partial charge in [0.2, 0.25) is 5.91 Å². The van der Waals surface area contributed by atoms with Crippen molar-refractivity contribution in [2.24, 2.45) is 5.92 Å². The average molecular weight is 447 g/mol. The topological polar surface area (TPSA) is 93.5 Å². The lowest BCUT2D eigenvalue weighted by molar-refractivity contribution is -0.133. The first-order chi connectivity index (χ1) is 14.8. The molecule has 0 bridgehead atoms. The third kappa shape index (κ3) is 4.98. The van der Waals surface area contributed by atoms with Crippen LogP contribution in [0.3, 0.4) is 0 Å². The minimum Gasteiger partial charge on any atom is -0.461 e. The van der Waals surface area contributed by atoms with Crippen molar-refractivity contribution in [3.63, 3.8) is 0 Å². The number of hydrogen-bond donors (Lipinski definition) is 1. The van der Waals surface area contributed by atoms with Crippen LogP contribution in [0.25, 0.3) is 0 Å². The van der Waals surface area contributed by atoms with Gasteiger partial charge in [0, 0.05) is 24.0 Å². The molecule has 0 saturated carbocycles. The molecule has 1 aliphatic rings. The first-order valence-corrected chi connectivity index (χ1v) is 11.5. The second kappa shape index (κ2) is 9.64. The van der Waals surface area contributed by atoms with Gasteiger partial charge in [-0.1, -0.05) is 19.9 Å². The van der Waals surface area contributed by atoms with E-state index in [9.17, 15) is 14.4 Å². The summed E-state index contributed by atoms with van der Waals surface area (Å²) in [7, 11) is 0. The number of carbonyl (C=O) groups is 3. The second-order valence-electron chi connectivity index (χ2n) is 8.29. The zero-order valence-electron chi connectivity index (χ0n) is 18.5. The van der Waals surface area contributed by atoms with Crippen LogP contribution in [0.5, 0.6) is 0 Å². The van der Waals surface area contributed by atoms with Gasteiger partial charge in [-0.25, -0.2) is 4.79 Å². The molecule has 1 aliphatic heterocycles. The van der Waals surface area contributed by atoms with Crippen molar-refractivity contribution in [1.29, 1.82) is 0 Å². The van der Waals surface area contributed by atoms with E-state index < -0.39 is 11.5 Å². The third-order valence-electron chi connectivity index (χ3n) is 5.44. The minimum atomic E-state index is -1.11. The summed E-state index contributed by atoms with van der Waals surface area (Å²) in [4.78, 5) is 41.5. The Balaban J connectivity index is 1.89. The maximum Gasteiger partial charge on any atom is 0.358 e. The lowest BCUT2D eigenvalue weighted by Gasteiger charge is -2.43. The van der Waals surface area contributed by atoms with Crippen molar-refractivity contribution in [2.45, 2.75) is 52.6 Å². The van der Waals surface area contributed by atoms with Gasteiger partial charge in [-0.15, -0.1) is 11.3 Å². The van der Waals surface area contributed by atoms with Crippen LogP contribution in [0.2, 0.25) is 0 Å². The van der Waals surface area contributed by atoms with E-state index >= 15 is 0 Å². The highest BCUT2D eigenvalue weighted by Crippen LogP contribution is 2.28. The molecular weight excluding hydrogens is 416 g/mol. The van der Waals surface area contributed by atoms with Crippen molar-refractivity contribution >= 4 is 29.1 Å². The molecule has 2 amide bonds. The lowest BCUT2D eigenvalue weighted by atomic mass is 9.94. The van der Waals surface area contributed by atoms with Gasteiger partial charge in [0.1, 0.15) is 11.2 Å². The molecule has 3 heterocycles. The molecule has 31 heavy (non-hydrogen) atoms. The SMILES string of the molecule is CCOC(=O)c1cc2n(n1)C[C@@](C)(C(=O)NCCC(C)C)N(CCc1cccs1)C2=O. The van der Waals surface area contributed by atoms with Gasteiger partial charge >= 0.3 is 5.97 Å². The van der Waals surface area contributed by atoms with Crippen LogP contribution in [0.15, 0.2) is 23.6 Å². The zero-order chi connectivity index (χ0) is 22.6. The van der Waals surface area contributed by atoms with Gasteiger partial charge in [-0.05, 0) is 44.1 Å². The maximum atomic E-state index is 13.4. The van der Waals surface area contributed by atoms with Crippen molar-refractivity contribution in [1.82, 2.24) is 20.0 Å². The molecule has 2 aromatic heterocycles. The molecule has 0 fully saturated rings. The van der Waals surface area contributed by atoms with Crippen LogP contribution < -0.4 is 5.32 Å². The van der Waals surface area contributed by atoms with Crippen LogP contribution in [0.1, 0.15) is 60.0 Å². The Morgan fingerprint density at radius 3 is 2.81 bits per heavy atom. The Kier molecular flexibility index (Phi) is 7.15. The van der Waals surface area contributed by atoms with Gasteiger partial charge in [-0.2, -0.15) is 5.10 Å². The Labute approximate surface area is 186 Å². The molecule has 2 aromatic rings. The molecule has 1 atom stereocenters. The second-order valence-corrected chi connectivity index (χ2v) is 9.32. The summed E-state index contributed by atoms with van der Waals surface area (Å²) in [6, 6.07) is 5.44. The molecule has 0 saturated heterocycles. The Hall–Kier alpha value is -2.68. The molecule has 168 valence electrons. The molecule has 3 rings (SSSR count). The molecule has 8 nitrogen and oxygen atoms in total. The van der Waals surface area contributed by atoms with Crippen LogP contribution in [-0.4, -0.2) is 57.7 Å². The van der Waals surface area contributed by atoms with E-state index in [4.69, 9.17) is 4.74 Å². The lowest BCUT2D eigenvalue weighted by Crippen LogP contribution is -2.64. The molecule has 0 spiro atoms. The fourth-order valence-corrected chi connectivity index (χ4v) is 4.34. The number of nitrogens with zero attached hydrogens (tertiary/aromatic N) is 3. The van der Waals surface area contributed by atoms with E-state index in [1.165, 1.54) is 10.7 Å². The minimum absolute atomic E-state index is 0.0767. The highest BCUT2D eigenvalue weighted by atomic mass is 32.1. The standard InChI is InChI=1S/C22H30N4O4S/c1-5-30-20(28)17-13-18-19(27)25(11-9-16-7-6-12-31-16)22(4,14-26(18)24-17)21(29)23-10-8-15(2)3/h6-7,12-13,15H,5,8-11,14H2,1-4H3,(H,23,29)/t22-/m0/s1. The molecule has 0 aromatic carbocycles. The predicted molar refractivity (Wildman–Crippen MR) is 118 cm³/mol. The number of thiophene rings is 1. The average Bonchev–Trinajstić information content (AvgIpc) is 3.37. The summed E-state index contributed by atoms with van der Waals surface area (Å²) < 4.78 is 6.48. The maximum absolute atomic E-state index is 13.4. The third-order valence-corrected chi connectivity index (χ3v) is 6.38. The van der Waals surface area contributed by atoms with E-state index in [-0.39, 0.29) is 30.7 Å². The molecular formula is C22H30N4O4S. The van der Waals surface area contributed by atoms with Gasteiger partial charge in [0.25, 0.3) is 5.91 Å². The number of ether oxygens (including phenoxy) is 1. The van der Waals surface area contributed by atoms with E-state index in [1.54, 1.807) is 30.1 Å². The quantitative estimate of drug-likeness (QED) is 0.598. The van der Waals surface area contributed by atoms with E-state index in [1.807, 2.05) is 17.5 Å². The number of aromatic nitrogens is 2. The summed E-state index contributed by atoms with van der Waals surface area (Å²) in [5.74, 6) is -0.648. The van der Waals surface area contributed by atoms with Crippen LogP contribution in [0, 0.1) is 5.92 Å². The van der Waals surface area contributed by atoms with Crippen LogP contribution >= 0.6 is 11.3 Å². The van der Waals surface area contributed by atoms with Crippen LogP contribution in [-0.2, 0) is 22.5 Å². The summed E-state index contributed by atoms with van der Waals surface area (Å²) in [6.07, 6.45) is 1.50. The molecule has 0 aliphatic carbocycles. The fraction of sp³-hybridized carbons (Fsp3) is 0.545. The van der Waals surface area contributed by atoms with Gasteiger partial charge in [0.05, 0.1) is 13.2 Å². The fourth-order valence-electron chi connectivity index (χ4n) is 3.64. The van der Waals surface area contributed by atoms with E-state index in [2.05, 4.69) is 24.3 Å². The summed E-state index contributed by atoms with van der Waals surface area (Å²) >= 11 is 1.62. The van der Waals surface area contributed by atoms with Crippen molar-refractivity contribution in [2.75, 3.05) is 19.7 Å². The molecule has 1 N–H and O–H groups in total. The zero-order valence-corrected chi connectivity index (χ0v) is 19.3. The smallest absolute Gasteiger partial charge is 0.358 e. The largest absolute Gasteiger partial charge is 0.461 e. The predicted octanol–water partition coefficient (Wildman–Crippen LogP) is 2.74. The first-order valence-electron chi connectivity index (χ1n) is 10.6. The number of esters is 1. The molecule has 0 unspecified atom stereocenters. The Bertz CT molecular complexity index is 937. The van der Waals surface area contributed by atoms with Gasteiger partial charge in [0.15, 0.2) is 5.69 Å². The van der Waals surface area contributed by atoms with Crippen molar-refractivity contribution < 1.29 is 19.1 Å². The summed E-state index contributed by atoms with van der Waals surface area (Å²) in [5.41, 5.74) is -0.745. The number of fused-ring (bicyclic) bond motifs is 1. The van der Waals surface area contributed by atoms with Crippen molar-refractivity contribution in [3.8, 4) is 0 Å². The Morgan fingerprint density at radius 2 is 2.16 bits per heavy atom. The highest BCUT2D eigenvalue weighted by Gasteiger charge is 2.48. The van der Waals surface area contributed by atoms with Crippen LogP contribution in [0.4, 0.5) is 0 Å². The number of rotatable bonds is 9. The molecule has 0 radical (unpaired) electrons. The monoisotopic (exact) mass is 446 g/mol. The number of amides is 2. The highest BCUT2D eigenvalue weighted by molar-refractivity contribution is 7.09. The Morgan fingerprint density at radius 1 is 1.39 bits per heavy atom. The van der Waals surface area contributed by atoms with E-state index in [0.29, 0.717) is 31.1 Å². The van der Waals surface area contributed by atoms with Gasteiger partial charge < -0.3 is 15.0 Å². The number of hydrogen-bond acceptors (Lipinski definition) is 6. The number of carbonyl (C=O) groups excluding carboxylic acids is 3. The molecule has 9 heteroatoms. The summed E-state index contributed by atoms with van der Waals surface area (Å²) in [5, 5.41) is 9.24. The summed E-state index contributed by atoms with van der Waals surface area (Å²) in [6.45, 7) is 8.99. The van der Waals surface area contributed by atoms with Crippen molar-refractivity contribution in [3.05, 3.63) is 39.8 Å². The first kappa shape index (κ1) is 23.0. The van der Waals surface area contributed by atoms with Gasteiger partial charge in [-0.3, -0.25) is 14.3 Å². The number of nitrogens with one attached hydrogen (secondary N) is 1. The van der Waals surface area contributed by atoms with E-state index in [0.717, 1.165) is 11.3 Å².